The highest BCUT2D eigenvalue weighted by Crippen LogP contribution is 2.47. The van der Waals surface area contributed by atoms with E-state index >= 15 is 0 Å². The highest BCUT2D eigenvalue weighted by molar-refractivity contribution is 6.31. The lowest BCUT2D eigenvalue weighted by Gasteiger charge is -2.22. The monoisotopic (exact) mass is 380 g/mol. The smallest absolute Gasteiger partial charge is 0.417 e. The number of benzene rings is 2. The average Bonchev–Trinajstić information content (AvgIpc) is 2.51. The summed E-state index contributed by atoms with van der Waals surface area (Å²) in [6.07, 6.45) is -9.93. The summed E-state index contributed by atoms with van der Waals surface area (Å²) < 4.78 is 88.7. The molecule has 1 heterocycles. The molecule has 3 rings (SSSR count). The highest BCUT2D eigenvalue weighted by atomic mass is 35.5. The van der Waals surface area contributed by atoms with E-state index in [2.05, 4.69) is 6.61 Å². The van der Waals surface area contributed by atoms with Gasteiger partial charge in [-0.25, -0.2) is 0 Å². The Balaban J connectivity index is 2.26. The van der Waals surface area contributed by atoms with E-state index < -0.39 is 29.0 Å². The van der Waals surface area contributed by atoms with Gasteiger partial charge < -0.3 is 9.47 Å². The molecule has 0 N–H and O–H groups in total. The molecule has 1 aliphatic heterocycles. The predicted molar refractivity (Wildman–Crippen MR) is 76.3 cm³/mol. The fourth-order valence-electron chi connectivity index (χ4n) is 2.38. The molecule has 132 valence electrons. The van der Waals surface area contributed by atoms with Gasteiger partial charge in [0, 0.05) is 16.7 Å². The van der Waals surface area contributed by atoms with Crippen LogP contribution in [-0.4, -0.2) is 6.61 Å². The third-order valence-electron chi connectivity index (χ3n) is 3.42. The van der Waals surface area contributed by atoms with Gasteiger partial charge in [-0.15, -0.1) is 0 Å². The van der Waals surface area contributed by atoms with Gasteiger partial charge in [-0.05, 0) is 23.8 Å². The molecule has 0 bridgehead atoms. The maximum Gasteiger partial charge on any atom is 0.417 e. The zero-order valence-electron chi connectivity index (χ0n) is 12.1. The van der Waals surface area contributed by atoms with Gasteiger partial charge >= 0.3 is 12.4 Å². The van der Waals surface area contributed by atoms with Crippen LogP contribution in [0.1, 0.15) is 11.1 Å². The Kier molecular flexibility index (Phi) is 4.26. The van der Waals surface area contributed by atoms with Gasteiger partial charge in [0.25, 0.3) is 0 Å². The van der Waals surface area contributed by atoms with Crippen molar-refractivity contribution in [3.63, 3.8) is 0 Å². The Hall–Kier alpha value is -2.09. The van der Waals surface area contributed by atoms with Gasteiger partial charge in [-0.3, -0.25) is 0 Å². The summed E-state index contributed by atoms with van der Waals surface area (Å²) >= 11 is 5.88. The van der Waals surface area contributed by atoms with Gasteiger partial charge in [-0.1, -0.05) is 17.7 Å². The Morgan fingerprint density at radius 1 is 0.920 bits per heavy atom. The average molecular weight is 381 g/mol. The third-order valence-corrected chi connectivity index (χ3v) is 3.64. The normalized spacial score (nSPS) is 14.5. The number of fused-ring (bicyclic) bond motifs is 1. The van der Waals surface area contributed by atoms with Crippen LogP contribution in [0.5, 0.6) is 11.5 Å². The SMILES string of the molecule is FC(F)(F)c1ccc(-c2cc(Cl)cc3c2O[C]CO3)c(C(F)(F)F)c1. The van der Waals surface area contributed by atoms with Crippen LogP contribution in [0.4, 0.5) is 26.3 Å². The van der Waals surface area contributed by atoms with E-state index in [9.17, 15) is 26.3 Å². The molecular weight excluding hydrogens is 374 g/mol. The van der Waals surface area contributed by atoms with Crippen molar-refractivity contribution in [1.29, 1.82) is 0 Å². The molecule has 2 aromatic rings. The molecule has 25 heavy (non-hydrogen) atoms. The highest BCUT2D eigenvalue weighted by Gasteiger charge is 2.39. The first-order valence-electron chi connectivity index (χ1n) is 6.72. The summed E-state index contributed by atoms with van der Waals surface area (Å²) in [4.78, 5) is 0. The second-order valence-corrected chi connectivity index (χ2v) is 5.51. The van der Waals surface area contributed by atoms with Crippen molar-refractivity contribution in [3.05, 3.63) is 53.1 Å². The lowest BCUT2D eigenvalue weighted by atomic mass is 9.95. The van der Waals surface area contributed by atoms with Crippen molar-refractivity contribution in [2.45, 2.75) is 12.4 Å². The standard InChI is InChI=1S/C16H7ClF6O2/c17-9-6-11(14-13(7-9)24-3-4-25-14)10-2-1-8(15(18,19)20)5-12(10)16(21,22)23/h1-2,5-7H,3H2. The number of alkyl halides is 6. The van der Waals surface area contributed by atoms with E-state index in [-0.39, 0.29) is 34.8 Å². The summed E-state index contributed by atoms with van der Waals surface area (Å²) in [6, 6.07) is 3.84. The minimum atomic E-state index is -5.02. The quantitative estimate of drug-likeness (QED) is 0.577. The molecule has 0 saturated carbocycles. The molecule has 0 saturated heterocycles. The maximum atomic E-state index is 13.3. The van der Waals surface area contributed by atoms with Gasteiger partial charge in [-0.2, -0.15) is 26.3 Å². The summed E-state index contributed by atoms with van der Waals surface area (Å²) in [6.45, 7) is 2.27. The Morgan fingerprint density at radius 2 is 1.64 bits per heavy atom. The molecule has 0 unspecified atom stereocenters. The van der Waals surface area contributed by atoms with Crippen molar-refractivity contribution in [2.24, 2.45) is 0 Å². The van der Waals surface area contributed by atoms with Crippen molar-refractivity contribution >= 4 is 11.6 Å². The molecule has 1 aliphatic rings. The first-order chi connectivity index (χ1) is 11.6. The number of hydrogen-bond donors (Lipinski definition) is 0. The van der Waals surface area contributed by atoms with E-state index in [0.717, 1.165) is 12.1 Å². The number of hydrogen-bond acceptors (Lipinski definition) is 2. The fraction of sp³-hybridized carbons (Fsp3) is 0.188. The minimum absolute atomic E-state index is 0.0484. The zero-order chi connectivity index (χ0) is 18.4. The largest absolute Gasteiger partial charge is 0.485 e. The second kappa shape index (κ2) is 6.01. The van der Waals surface area contributed by atoms with Crippen LogP contribution in [0.25, 0.3) is 11.1 Å². The topological polar surface area (TPSA) is 18.5 Å². The van der Waals surface area contributed by atoms with Crippen LogP contribution in [-0.2, 0) is 12.4 Å². The van der Waals surface area contributed by atoms with Crippen LogP contribution in [0.15, 0.2) is 30.3 Å². The van der Waals surface area contributed by atoms with Crippen LogP contribution in [0, 0.1) is 6.61 Å². The van der Waals surface area contributed by atoms with Gasteiger partial charge in [0.15, 0.2) is 11.5 Å². The summed E-state index contributed by atoms with van der Waals surface area (Å²) in [5, 5.41) is 0.0484. The summed E-state index contributed by atoms with van der Waals surface area (Å²) in [7, 11) is 0. The van der Waals surface area contributed by atoms with Crippen molar-refractivity contribution in [2.75, 3.05) is 6.61 Å². The second-order valence-electron chi connectivity index (χ2n) is 5.07. The van der Waals surface area contributed by atoms with Gasteiger partial charge in [0.2, 0.25) is 6.61 Å². The Bertz CT molecular complexity index is 813. The van der Waals surface area contributed by atoms with Crippen molar-refractivity contribution in [1.82, 2.24) is 0 Å². The lowest BCUT2D eigenvalue weighted by Crippen LogP contribution is -2.14. The first kappa shape index (κ1) is 17.7. The number of halogens is 7. The third kappa shape index (κ3) is 3.49. The molecule has 0 amide bonds. The molecule has 0 atom stereocenters. The molecule has 2 radical (unpaired) electrons. The molecule has 0 fully saturated rings. The molecule has 0 aromatic heterocycles. The van der Waals surface area contributed by atoms with Crippen LogP contribution < -0.4 is 9.47 Å². The number of rotatable bonds is 1. The van der Waals surface area contributed by atoms with E-state index in [1.165, 1.54) is 6.07 Å². The van der Waals surface area contributed by atoms with Crippen LogP contribution >= 0.6 is 11.6 Å². The van der Waals surface area contributed by atoms with Crippen molar-refractivity contribution < 1.29 is 35.8 Å². The molecule has 2 aromatic carbocycles. The molecule has 0 aliphatic carbocycles. The zero-order valence-corrected chi connectivity index (χ0v) is 12.8. The number of ether oxygens (including phenoxy) is 2. The minimum Gasteiger partial charge on any atom is -0.485 e. The molecule has 9 heteroatoms. The molecule has 2 nitrogen and oxygen atoms in total. The Labute approximate surface area is 142 Å². The maximum absolute atomic E-state index is 13.3. The fourth-order valence-corrected chi connectivity index (χ4v) is 2.59. The Morgan fingerprint density at radius 3 is 2.28 bits per heavy atom. The van der Waals surface area contributed by atoms with Crippen LogP contribution in [0.2, 0.25) is 5.02 Å². The summed E-state index contributed by atoms with van der Waals surface area (Å²) in [5.41, 5.74) is -3.52. The van der Waals surface area contributed by atoms with Crippen LogP contribution in [0.3, 0.4) is 0 Å². The van der Waals surface area contributed by atoms with Gasteiger partial charge in [0.1, 0.15) is 6.61 Å². The summed E-state index contributed by atoms with van der Waals surface area (Å²) in [5.74, 6) is -0.0184. The van der Waals surface area contributed by atoms with E-state index in [1.54, 1.807) is 0 Å². The molecular formula is C16H7ClF6O2. The first-order valence-corrected chi connectivity index (χ1v) is 7.10. The lowest BCUT2D eigenvalue weighted by molar-refractivity contribution is -0.142. The van der Waals surface area contributed by atoms with E-state index in [4.69, 9.17) is 21.1 Å². The van der Waals surface area contributed by atoms with Crippen molar-refractivity contribution in [3.8, 4) is 22.6 Å². The van der Waals surface area contributed by atoms with E-state index in [0.29, 0.717) is 6.07 Å². The van der Waals surface area contributed by atoms with E-state index in [1.807, 2.05) is 0 Å². The van der Waals surface area contributed by atoms with Gasteiger partial charge in [0.05, 0.1) is 11.1 Å². The molecule has 0 spiro atoms. The predicted octanol–water partition coefficient (Wildman–Crippen LogP) is 5.85.